The molecule has 2 N–H and O–H groups in total. The summed E-state index contributed by atoms with van der Waals surface area (Å²) in [6, 6.07) is -2.01. The van der Waals surface area contributed by atoms with Gasteiger partial charge in [-0.25, -0.2) is 4.79 Å². The van der Waals surface area contributed by atoms with Crippen molar-refractivity contribution in [2.24, 2.45) is 0 Å². The number of amides is 1. The highest BCUT2D eigenvalue weighted by molar-refractivity contribution is 5.64. The third-order valence-electron chi connectivity index (χ3n) is 0.831. The molecule has 6 heteroatoms. The molecule has 0 rings (SSSR count). The van der Waals surface area contributed by atoms with Gasteiger partial charge in [0.15, 0.2) is 0 Å². The van der Waals surface area contributed by atoms with E-state index in [2.05, 4.69) is 0 Å². The van der Waals surface area contributed by atoms with Gasteiger partial charge in [-0.15, -0.1) is 0 Å². The summed E-state index contributed by atoms with van der Waals surface area (Å²) < 4.78 is 34.5. The molecule has 0 aromatic carbocycles. The molecule has 60 valence electrons. The van der Waals surface area contributed by atoms with Crippen LogP contribution in [0.4, 0.5) is 18.0 Å². The first-order valence-electron chi connectivity index (χ1n) is 2.40. The Labute approximate surface area is 54.8 Å². The summed E-state index contributed by atoms with van der Waals surface area (Å²) in [4.78, 5) is 9.65. The Balaban J connectivity index is 3.85. The molecule has 0 radical (unpaired) electrons. The maximum absolute atomic E-state index is 11.5. The van der Waals surface area contributed by atoms with Crippen LogP contribution in [0.5, 0.6) is 0 Å². The summed E-state index contributed by atoms with van der Waals surface area (Å²) in [5, 5.41) is 9.11. The van der Waals surface area contributed by atoms with Gasteiger partial charge in [-0.3, -0.25) is 0 Å². The molecule has 0 heterocycles. The van der Waals surface area contributed by atoms with Crippen molar-refractivity contribution in [2.75, 3.05) is 0 Å². The molecule has 1 amide bonds. The fourth-order valence-electron chi connectivity index (χ4n) is 0.267. The Morgan fingerprint density at radius 1 is 1.60 bits per heavy atom. The van der Waals surface area contributed by atoms with Gasteiger partial charge in [-0.2, -0.15) is 13.2 Å². The van der Waals surface area contributed by atoms with Crippen LogP contribution in [0.25, 0.3) is 0 Å². The average molecular weight is 157 g/mol. The third kappa shape index (κ3) is 3.16. The molecule has 0 saturated heterocycles. The molecule has 10 heavy (non-hydrogen) atoms. The monoisotopic (exact) mass is 157 g/mol. The van der Waals surface area contributed by atoms with Gasteiger partial charge >= 0.3 is 12.3 Å². The lowest BCUT2D eigenvalue weighted by Crippen LogP contribution is -2.42. The van der Waals surface area contributed by atoms with Crippen LogP contribution in [0.15, 0.2) is 0 Å². The molecule has 0 aromatic heterocycles. The zero-order valence-electron chi connectivity index (χ0n) is 5.07. The fraction of sp³-hybridized carbons (Fsp3) is 0.750. The quantitative estimate of drug-likeness (QED) is 0.600. The summed E-state index contributed by atoms with van der Waals surface area (Å²) in [6.07, 6.45) is -6.18. The largest absolute Gasteiger partial charge is 0.465 e. The summed E-state index contributed by atoms with van der Waals surface area (Å²) in [6.45, 7) is 0.730. The van der Waals surface area contributed by atoms with Gasteiger partial charge in [-0.05, 0) is 6.92 Å². The highest BCUT2D eigenvalue weighted by Crippen LogP contribution is 2.19. The van der Waals surface area contributed by atoms with Gasteiger partial charge in [-0.1, -0.05) is 0 Å². The molecule has 0 unspecified atom stereocenters. The van der Waals surface area contributed by atoms with Crippen LogP contribution in [0.2, 0.25) is 0 Å². The van der Waals surface area contributed by atoms with Crippen molar-refractivity contribution >= 4 is 6.09 Å². The van der Waals surface area contributed by atoms with Crippen LogP contribution >= 0.6 is 0 Å². The van der Waals surface area contributed by atoms with Crippen LogP contribution in [0.1, 0.15) is 6.92 Å². The van der Waals surface area contributed by atoms with Gasteiger partial charge in [0.2, 0.25) is 0 Å². The second-order valence-corrected chi connectivity index (χ2v) is 1.71. The first-order valence-corrected chi connectivity index (χ1v) is 2.40. The van der Waals surface area contributed by atoms with E-state index in [1.54, 1.807) is 0 Å². The number of hydrogen-bond acceptors (Lipinski definition) is 1. The molecule has 0 aliphatic rings. The van der Waals surface area contributed by atoms with Crippen LogP contribution < -0.4 is 5.32 Å². The minimum absolute atomic E-state index is 0.730. The van der Waals surface area contributed by atoms with E-state index >= 15 is 0 Å². The number of alkyl halides is 3. The molecule has 0 bridgehead atoms. The molecule has 3 nitrogen and oxygen atoms in total. The first-order chi connectivity index (χ1) is 4.34. The lowest BCUT2D eigenvalue weighted by atomic mass is 10.3. The smallest absolute Gasteiger partial charge is 0.408 e. The zero-order valence-corrected chi connectivity index (χ0v) is 5.07. The lowest BCUT2D eigenvalue weighted by molar-refractivity contribution is -0.149. The van der Waals surface area contributed by atoms with Crippen molar-refractivity contribution in [3.63, 3.8) is 0 Å². The van der Waals surface area contributed by atoms with Crippen molar-refractivity contribution in [1.29, 1.82) is 0 Å². The van der Waals surface area contributed by atoms with Gasteiger partial charge in [0.05, 0.1) is 0 Å². The van der Waals surface area contributed by atoms with Crippen LogP contribution in [-0.2, 0) is 0 Å². The Hall–Kier alpha value is -0.940. The number of halogens is 3. The minimum Gasteiger partial charge on any atom is -0.465 e. The van der Waals surface area contributed by atoms with Crippen molar-refractivity contribution in [1.82, 2.24) is 5.32 Å². The lowest BCUT2D eigenvalue weighted by Gasteiger charge is -2.14. The molecule has 1 atom stereocenters. The third-order valence-corrected chi connectivity index (χ3v) is 0.831. The van der Waals surface area contributed by atoms with Gasteiger partial charge in [0.25, 0.3) is 0 Å². The summed E-state index contributed by atoms with van der Waals surface area (Å²) in [5.41, 5.74) is 0. The van der Waals surface area contributed by atoms with Gasteiger partial charge in [0, 0.05) is 0 Å². The summed E-state index contributed by atoms with van der Waals surface area (Å²) >= 11 is 0. The highest BCUT2D eigenvalue weighted by atomic mass is 19.4. The maximum Gasteiger partial charge on any atom is 0.408 e. The van der Waals surface area contributed by atoms with Crippen molar-refractivity contribution in [3.8, 4) is 0 Å². The normalized spacial score (nSPS) is 14.4. The molecule has 0 saturated carbocycles. The van der Waals surface area contributed by atoms with Gasteiger partial charge in [0.1, 0.15) is 6.04 Å². The van der Waals surface area contributed by atoms with E-state index in [9.17, 15) is 18.0 Å². The number of carbonyl (C=O) groups is 1. The minimum atomic E-state index is -4.50. The SMILES string of the molecule is C[C@H](NC(=O)O)C(F)(F)F. The predicted octanol–water partition coefficient (Wildman–Crippen LogP) is 1.20. The predicted molar refractivity (Wildman–Crippen MR) is 26.7 cm³/mol. The van der Waals surface area contributed by atoms with Crippen LogP contribution in [0.3, 0.4) is 0 Å². The van der Waals surface area contributed by atoms with Crippen molar-refractivity contribution < 1.29 is 23.1 Å². The molecule has 0 aromatic rings. The van der Waals surface area contributed by atoms with E-state index in [0.29, 0.717) is 0 Å². The highest BCUT2D eigenvalue weighted by Gasteiger charge is 2.36. The summed E-state index contributed by atoms with van der Waals surface area (Å²) in [5.74, 6) is 0. The Bertz CT molecular complexity index is 133. The van der Waals surface area contributed by atoms with E-state index in [1.165, 1.54) is 5.32 Å². The van der Waals surface area contributed by atoms with Crippen LogP contribution in [0, 0.1) is 0 Å². The van der Waals surface area contributed by atoms with Crippen molar-refractivity contribution in [2.45, 2.75) is 19.1 Å². The standard InChI is InChI=1S/C4H6F3NO2/c1-2(4(5,6)7)8-3(9)10/h2,8H,1H3,(H,9,10)/t2-/m0/s1. The van der Waals surface area contributed by atoms with E-state index < -0.39 is 18.3 Å². The van der Waals surface area contributed by atoms with E-state index in [1.807, 2.05) is 0 Å². The topological polar surface area (TPSA) is 49.3 Å². The van der Waals surface area contributed by atoms with Crippen LogP contribution in [-0.4, -0.2) is 23.4 Å². The molecule has 0 spiro atoms. The second-order valence-electron chi connectivity index (χ2n) is 1.71. The first kappa shape index (κ1) is 9.06. The van der Waals surface area contributed by atoms with E-state index in [0.717, 1.165) is 6.92 Å². The molecule has 0 aliphatic heterocycles. The summed E-state index contributed by atoms with van der Waals surface area (Å²) in [7, 11) is 0. The van der Waals surface area contributed by atoms with Gasteiger partial charge < -0.3 is 10.4 Å². The Kier molecular flexibility index (Phi) is 2.50. The molecular weight excluding hydrogens is 151 g/mol. The van der Waals surface area contributed by atoms with E-state index in [-0.39, 0.29) is 0 Å². The second kappa shape index (κ2) is 2.76. The van der Waals surface area contributed by atoms with E-state index in [4.69, 9.17) is 5.11 Å². The Morgan fingerprint density at radius 3 is 2.10 bits per heavy atom. The average Bonchev–Trinajstić information content (AvgIpc) is 1.60. The number of hydrogen-bond donors (Lipinski definition) is 2. The number of carboxylic acid groups (broad SMARTS) is 1. The number of nitrogens with one attached hydrogen (secondary N) is 1. The fourth-order valence-corrected chi connectivity index (χ4v) is 0.267. The number of rotatable bonds is 1. The van der Waals surface area contributed by atoms with Crippen molar-refractivity contribution in [3.05, 3.63) is 0 Å². The molecule has 0 aliphatic carbocycles. The molecule has 0 fully saturated rings. The zero-order chi connectivity index (χ0) is 8.36. The Morgan fingerprint density at radius 2 is 2.00 bits per heavy atom. The molecular formula is C4H6F3NO2. The maximum atomic E-state index is 11.5.